The van der Waals surface area contributed by atoms with E-state index in [1.807, 2.05) is 51.1 Å². The number of likely N-dealkylation sites (tertiary alicyclic amines) is 1. The van der Waals surface area contributed by atoms with Gasteiger partial charge in [0.15, 0.2) is 0 Å². The summed E-state index contributed by atoms with van der Waals surface area (Å²) < 4.78 is 19.2. The van der Waals surface area contributed by atoms with Crippen LogP contribution in [0.2, 0.25) is 0 Å². The van der Waals surface area contributed by atoms with Crippen molar-refractivity contribution in [1.82, 2.24) is 10.2 Å². The van der Waals surface area contributed by atoms with E-state index in [1.165, 1.54) is 12.1 Å². The Morgan fingerprint density at radius 1 is 1.20 bits per heavy atom. The Hall–Kier alpha value is -2.89. The molecule has 0 spiro atoms. The van der Waals surface area contributed by atoms with Crippen molar-refractivity contribution < 1.29 is 18.7 Å². The van der Waals surface area contributed by atoms with Gasteiger partial charge in [-0.3, -0.25) is 4.79 Å². The largest absolute Gasteiger partial charge is 0.445 e. The number of aryl methyl sites for hydroxylation is 1. The summed E-state index contributed by atoms with van der Waals surface area (Å²) in [6.07, 6.45) is 0.808. The van der Waals surface area contributed by atoms with Crippen LogP contribution in [0.3, 0.4) is 0 Å². The molecule has 0 aliphatic carbocycles. The van der Waals surface area contributed by atoms with Crippen LogP contribution >= 0.6 is 0 Å². The van der Waals surface area contributed by atoms with Crippen LogP contribution in [0.25, 0.3) is 0 Å². The topological polar surface area (TPSA) is 58.6 Å². The Bertz CT molecular complexity index is 885. The van der Waals surface area contributed by atoms with Gasteiger partial charge in [-0.15, -0.1) is 0 Å². The number of nitrogens with zero attached hydrogens (tertiary/aromatic N) is 1. The fourth-order valence-corrected chi connectivity index (χ4v) is 3.79. The molecule has 1 fully saturated rings. The number of carbonyl (C=O) groups is 2. The third-order valence-electron chi connectivity index (χ3n) is 5.50. The van der Waals surface area contributed by atoms with E-state index in [2.05, 4.69) is 5.32 Å². The van der Waals surface area contributed by atoms with Crippen molar-refractivity contribution in [2.75, 3.05) is 6.54 Å². The van der Waals surface area contributed by atoms with Gasteiger partial charge in [-0.2, -0.15) is 0 Å². The molecule has 2 amide bonds. The first-order chi connectivity index (χ1) is 14.3. The molecule has 2 aromatic rings. The number of hydrogen-bond donors (Lipinski definition) is 1. The van der Waals surface area contributed by atoms with Gasteiger partial charge in [0.25, 0.3) is 0 Å². The summed E-state index contributed by atoms with van der Waals surface area (Å²) in [7, 11) is 0. The number of benzene rings is 2. The standard InChI is InChI=1S/C24H29FN2O3/c1-16(2)23(28)26-20-11-12-27(24(29)30-15-18-7-5-4-6-8-18)22(14-20)21-10-9-19(25)13-17(21)3/h4-10,13,16,20,22H,11-12,14-15H2,1-3H3,(H,26,28)/t20-,22-/m1/s1. The van der Waals surface area contributed by atoms with Crippen LogP contribution in [0.1, 0.15) is 49.4 Å². The molecule has 3 rings (SSSR count). The van der Waals surface area contributed by atoms with E-state index < -0.39 is 6.09 Å². The first-order valence-electron chi connectivity index (χ1n) is 10.4. The summed E-state index contributed by atoms with van der Waals surface area (Å²) >= 11 is 0. The lowest BCUT2D eigenvalue weighted by Gasteiger charge is -2.40. The van der Waals surface area contributed by atoms with Crippen molar-refractivity contribution in [3.63, 3.8) is 0 Å². The van der Waals surface area contributed by atoms with Gasteiger partial charge in [0.05, 0.1) is 6.04 Å². The number of rotatable bonds is 5. The molecule has 1 N–H and O–H groups in total. The molecule has 1 aliphatic rings. The zero-order valence-electron chi connectivity index (χ0n) is 17.7. The third-order valence-corrected chi connectivity index (χ3v) is 5.50. The Kier molecular flexibility index (Phi) is 7.08. The Morgan fingerprint density at radius 3 is 2.60 bits per heavy atom. The fraction of sp³-hybridized carbons (Fsp3) is 0.417. The van der Waals surface area contributed by atoms with Crippen LogP contribution in [0, 0.1) is 18.7 Å². The molecule has 0 radical (unpaired) electrons. The number of piperidine rings is 1. The van der Waals surface area contributed by atoms with Crippen molar-refractivity contribution in [1.29, 1.82) is 0 Å². The zero-order valence-corrected chi connectivity index (χ0v) is 17.7. The van der Waals surface area contributed by atoms with Crippen LogP contribution in [0.4, 0.5) is 9.18 Å². The highest BCUT2D eigenvalue weighted by Gasteiger charge is 2.35. The highest BCUT2D eigenvalue weighted by atomic mass is 19.1. The number of halogens is 1. The quantitative estimate of drug-likeness (QED) is 0.771. The van der Waals surface area contributed by atoms with Gasteiger partial charge in [-0.25, -0.2) is 9.18 Å². The van der Waals surface area contributed by atoms with E-state index in [1.54, 1.807) is 11.0 Å². The predicted octanol–water partition coefficient (Wildman–Crippen LogP) is 4.75. The van der Waals surface area contributed by atoms with Crippen LogP contribution in [0.5, 0.6) is 0 Å². The molecule has 2 atom stereocenters. The molecule has 2 aromatic carbocycles. The van der Waals surface area contributed by atoms with Crippen LogP contribution in [-0.4, -0.2) is 29.5 Å². The van der Waals surface area contributed by atoms with Gasteiger partial charge in [0, 0.05) is 18.5 Å². The predicted molar refractivity (Wildman–Crippen MR) is 113 cm³/mol. The van der Waals surface area contributed by atoms with Gasteiger partial charge in [-0.1, -0.05) is 50.2 Å². The monoisotopic (exact) mass is 412 g/mol. The maximum absolute atomic E-state index is 13.7. The van der Waals surface area contributed by atoms with Crippen molar-refractivity contribution in [2.45, 2.75) is 52.3 Å². The maximum atomic E-state index is 13.7. The van der Waals surface area contributed by atoms with E-state index in [0.29, 0.717) is 19.4 Å². The van der Waals surface area contributed by atoms with Crippen LogP contribution in [-0.2, 0) is 16.1 Å². The lowest BCUT2D eigenvalue weighted by molar-refractivity contribution is -0.125. The van der Waals surface area contributed by atoms with Crippen LogP contribution < -0.4 is 5.32 Å². The summed E-state index contributed by atoms with van der Waals surface area (Å²) in [5.74, 6) is -0.422. The Labute approximate surface area is 177 Å². The highest BCUT2D eigenvalue weighted by Crippen LogP contribution is 2.34. The van der Waals surface area contributed by atoms with E-state index in [9.17, 15) is 14.0 Å². The summed E-state index contributed by atoms with van der Waals surface area (Å²) in [5, 5.41) is 3.07. The summed E-state index contributed by atoms with van der Waals surface area (Å²) in [5.41, 5.74) is 2.56. The molecule has 5 nitrogen and oxygen atoms in total. The van der Waals surface area contributed by atoms with Gasteiger partial charge in [0.2, 0.25) is 5.91 Å². The first kappa shape index (κ1) is 21.8. The van der Waals surface area contributed by atoms with E-state index >= 15 is 0 Å². The summed E-state index contributed by atoms with van der Waals surface area (Å²) in [4.78, 5) is 26.8. The zero-order chi connectivity index (χ0) is 21.7. The number of hydrogen-bond acceptors (Lipinski definition) is 3. The highest BCUT2D eigenvalue weighted by molar-refractivity contribution is 5.78. The van der Waals surface area contributed by atoms with Crippen molar-refractivity contribution in [3.8, 4) is 0 Å². The van der Waals surface area contributed by atoms with Gasteiger partial charge < -0.3 is 15.0 Å². The molecule has 0 aromatic heterocycles. The summed E-state index contributed by atoms with van der Waals surface area (Å²) in [6.45, 7) is 6.19. The number of amides is 2. The van der Waals surface area contributed by atoms with Crippen molar-refractivity contribution in [3.05, 3.63) is 71.0 Å². The summed E-state index contributed by atoms with van der Waals surface area (Å²) in [6, 6.07) is 13.8. The second-order valence-electron chi connectivity index (χ2n) is 8.13. The van der Waals surface area contributed by atoms with Gasteiger partial charge in [0.1, 0.15) is 12.4 Å². The second kappa shape index (κ2) is 9.74. The lowest BCUT2D eigenvalue weighted by Crippen LogP contribution is -2.49. The molecule has 30 heavy (non-hydrogen) atoms. The lowest BCUT2D eigenvalue weighted by atomic mass is 9.89. The van der Waals surface area contributed by atoms with Crippen molar-refractivity contribution in [2.24, 2.45) is 5.92 Å². The smallest absolute Gasteiger partial charge is 0.410 e. The molecule has 0 bridgehead atoms. The number of ether oxygens (including phenoxy) is 1. The van der Waals surface area contributed by atoms with Crippen LogP contribution in [0.15, 0.2) is 48.5 Å². The molecule has 0 saturated carbocycles. The molecule has 1 saturated heterocycles. The molecule has 6 heteroatoms. The average Bonchev–Trinajstić information content (AvgIpc) is 2.72. The number of nitrogens with one attached hydrogen (secondary N) is 1. The molecule has 160 valence electrons. The molecular weight excluding hydrogens is 383 g/mol. The van der Waals surface area contributed by atoms with Gasteiger partial charge in [-0.05, 0) is 48.6 Å². The van der Waals surface area contributed by atoms with E-state index in [4.69, 9.17) is 4.74 Å². The van der Waals surface area contributed by atoms with Crippen molar-refractivity contribution >= 4 is 12.0 Å². The minimum atomic E-state index is -0.402. The molecular formula is C24H29FN2O3. The average molecular weight is 413 g/mol. The number of carbonyl (C=O) groups excluding carboxylic acids is 2. The minimum absolute atomic E-state index is 0.00492. The normalized spacial score (nSPS) is 18.9. The van der Waals surface area contributed by atoms with E-state index in [-0.39, 0.29) is 36.3 Å². The minimum Gasteiger partial charge on any atom is -0.445 e. The second-order valence-corrected chi connectivity index (χ2v) is 8.13. The maximum Gasteiger partial charge on any atom is 0.410 e. The van der Waals surface area contributed by atoms with E-state index in [0.717, 1.165) is 16.7 Å². The van der Waals surface area contributed by atoms with Gasteiger partial charge >= 0.3 is 6.09 Å². The SMILES string of the molecule is Cc1cc(F)ccc1[C@H]1C[C@H](NC(=O)C(C)C)CCN1C(=O)OCc1ccccc1. The molecule has 1 heterocycles. The molecule has 0 unspecified atom stereocenters. The Balaban J connectivity index is 1.78. The third kappa shape index (κ3) is 5.38. The first-order valence-corrected chi connectivity index (χ1v) is 10.4. The Morgan fingerprint density at radius 2 is 1.93 bits per heavy atom. The fourth-order valence-electron chi connectivity index (χ4n) is 3.79. The molecule has 1 aliphatic heterocycles.